The van der Waals surface area contributed by atoms with Gasteiger partial charge in [0.1, 0.15) is 23.3 Å². The normalized spacial score (nSPS) is 15.2. The number of amidine groups is 1. The maximum atomic E-state index is 12.3. The molecule has 0 spiro atoms. The number of benzene rings is 3. The third kappa shape index (κ3) is 10.7. The molecule has 1 amide bonds. The van der Waals surface area contributed by atoms with Gasteiger partial charge in [-0.2, -0.15) is 0 Å². The van der Waals surface area contributed by atoms with Gasteiger partial charge in [0.2, 0.25) is 0 Å². The lowest BCUT2D eigenvalue weighted by Crippen LogP contribution is -2.36. The summed E-state index contributed by atoms with van der Waals surface area (Å²) >= 11 is 0. The summed E-state index contributed by atoms with van der Waals surface area (Å²) in [5.41, 5.74) is 7.27. The van der Waals surface area contributed by atoms with Crippen LogP contribution in [0.4, 0.5) is 4.79 Å². The van der Waals surface area contributed by atoms with Crippen molar-refractivity contribution in [3.05, 3.63) is 89.5 Å². The Morgan fingerprint density at radius 1 is 0.956 bits per heavy atom. The van der Waals surface area contributed by atoms with E-state index in [4.69, 9.17) is 30.8 Å². The van der Waals surface area contributed by atoms with Gasteiger partial charge in [0.15, 0.2) is 0 Å². The van der Waals surface area contributed by atoms with Crippen molar-refractivity contribution in [3.63, 3.8) is 0 Å². The van der Waals surface area contributed by atoms with Crippen molar-refractivity contribution in [1.82, 2.24) is 4.90 Å². The number of nitrogens with two attached hydrogens (primary N) is 1. The highest BCUT2D eigenvalue weighted by Crippen LogP contribution is 2.27. The number of ether oxygens (including phenoxy) is 2. The molecular formula is C33H37N3O9. The van der Waals surface area contributed by atoms with Gasteiger partial charge in [0, 0.05) is 30.7 Å². The second-order valence-electron chi connectivity index (χ2n) is 11.4. The van der Waals surface area contributed by atoms with E-state index in [1.54, 1.807) is 35.2 Å². The minimum atomic E-state index is -1.26. The van der Waals surface area contributed by atoms with E-state index in [0.717, 1.165) is 16.3 Å². The minimum absolute atomic E-state index is 0.00632. The Hall–Kier alpha value is -5.39. The van der Waals surface area contributed by atoms with Crippen molar-refractivity contribution < 1.29 is 44.0 Å². The summed E-state index contributed by atoms with van der Waals surface area (Å²) in [4.78, 5) is 45.2. The van der Waals surface area contributed by atoms with Gasteiger partial charge in [-0.05, 0) is 67.3 Å². The number of aliphatic carboxylic acids is 3. The highest BCUT2D eigenvalue weighted by Gasteiger charge is 2.31. The number of carboxylic acid groups (broad SMARTS) is 3. The summed E-state index contributed by atoms with van der Waals surface area (Å²) in [5.74, 6) is -3.52. The third-order valence-corrected chi connectivity index (χ3v) is 6.70. The Labute approximate surface area is 260 Å². The van der Waals surface area contributed by atoms with Gasteiger partial charge >= 0.3 is 24.0 Å². The molecule has 1 heterocycles. The van der Waals surface area contributed by atoms with Crippen LogP contribution < -0.4 is 10.5 Å². The fourth-order valence-corrected chi connectivity index (χ4v) is 4.60. The van der Waals surface area contributed by atoms with Gasteiger partial charge in [-0.25, -0.2) is 14.4 Å². The van der Waals surface area contributed by atoms with E-state index >= 15 is 0 Å². The lowest BCUT2D eigenvalue weighted by Gasteiger charge is -2.24. The predicted octanol–water partition coefficient (Wildman–Crippen LogP) is 4.63. The first-order valence-corrected chi connectivity index (χ1v) is 14.1. The van der Waals surface area contributed by atoms with Crippen LogP contribution in [-0.2, 0) is 25.5 Å². The zero-order chi connectivity index (χ0) is 33.3. The van der Waals surface area contributed by atoms with Gasteiger partial charge in [0.05, 0.1) is 12.5 Å². The van der Waals surface area contributed by atoms with Crippen LogP contribution in [0.3, 0.4) is 0 Å². The summed E-state index contributed by atoms with van der Waals surface area (Å²) in [6, 6.07) is 18.5. The van der Waals surface area contributed by atoms with Crippen molar-refractivity contribution in [1.29, 1.82) is 5.41 Å². The lowest BCUT2D eigenvalue weighted by molar-refractivity contribution is -0.139. The molecule has 0 radical (unpaired) electrons. The average molecular weight is 620 g/mol. The number of carbonyl (C=O) groups is 4. The molecule has 1 aliphatic heterocycles. The molecule has 2 atom stereocenters. The fourth-order valence-electron chi connectivity index (χ4n) is 4.60. The number of fused-ring (bicyclic) bond motifs is 1. The van der Waals surface area contributed by atoms with Crippen LogP contribution in [0.25, 0.3) is 10.8 Å². The van der Waals surface area contributed by atoms with E-state index in [9.17, 15) is 24.3 Å². The molecular weight excluding hydrogens is 582 g/mol. The van der Waals surface area contributed by atoms with Gasteiger partial charge in [0.25, 0.3) is 0 Å². The molecule has 3 aromatic rings. The van der Waals surface area contributed by atoms with Crippen LogP contribution in [0.5, 0.6) is 5.75 Å². The predicted molar refractivity (Wildman–Crippen MR) is 167 cm³/mol. The molecule has 0 bridgehead atoms. The number of amides is 1. The SMILES string of the molecule is CC(C)(C)OC(=O)N1CC[C@H](Oc2ccc([C@H](Cc3ccc4ccc(C(=N)N)cc4c3)C(=O)O)cc2)C1.O=C(O)/C=C\C(=O)O. The van der Waals surface area contributed by atoms with E-state index in [-0.39, 0.29) is 18.0 Å². The summed E-state index contributed by atoms with van der Waals surface area (Å²) < 4.78 is 11.5. The van der Waals surface area contributed by atoms with E-state index in [1.807, 2.05) is 51.1 Å². The maximum Gasteiger partial charge on any atom is 0.410 e. The van der Waals surface area contributed by atoms with E-state index in [2.05, 4.69) is 0 Å². The van der Waals surface area contributed by atoms with Crippen molar-refractivity contribution in [2.75, 3.05) is 13.1 Å². The number of likely N-dealkylation sites (tertiary alicyclic amines) is 1. The zero-order valence-corrected chi connectivity index (χ0v) is 25.2. The fraction of sp³-hybridized carbons (Fsp3) is 0.303. The van der Waals surface area contributed by atoms with E-state index < -0.39 is 29.4 Å². The molecule has 0 unspecified atom stereocenters. The van der Waals surface area contributed by atoms with Crippen molar-refractivity contribution in [2.45, 2.75) is 51.2 Å². The number of nitrogens with one attached hydrogen (secondary N) is 1. The van der Waals surface area contributed by atoms with Gasteiger partial charge < -0.3 is 35.4 Å². The van der Waals surface area contributed by atoms with Gasteiger partial charge in [-0.15, -0.1) is 0 Å². The van der Waals surface area contributed by atoms with Crippen LogP contribution in [0.1, 0.15) is 49.8 Å². The zero-order valence-electron chi connectivity index (χ0n) is 25.2. The first kappa shape index (κ1) is 34.1. The number of nitrogen functional groups attached to an aromatic ring is 1. The van der Waals surface area contributed by atoms with Crippen LogP contribution >= 0.6 is 0 Å². The number of hydrogen-bond donors (Lipinski definition) is 5. The highest BCUT2D eigenvalue weighted by molar-refractivity contribution is 5.99. The Kier molecular flexibility index (Phi) is 11.3. The Morgan fingerprint density at radius 3 is 2.13 bits per heavy atom. The van der Waals surface area contributed by atoms with Crippen LogP contribution in [0.2, 0.25) is 0 Å². The molecule has 1 saturated heterocycles. The Morgan fingerprint density at radius 2 is 1.58 bits per heavy atom. The molecule has 4 rings (SSSR count). The molecule has 238 valence electrons. The standard InChI is InChI=1S/C29H33N3O5.C4H4O4/c1-29(2,3)37-28(35)32-13-12-24(17-32)36-23-10-8-20(9-11-23)25(27(33)34)15-18-4-5-19-6-7-21(26(30)31)16-22(19)14-18;5-3(6)1-2-4(7)8/h4-11,14,16,24-25H,12-13,15,17H2,1-3H3,(H3,30,31)(H,33,34);1-2H,(H,5,6)(H,7,8)/b;2-1-/t24-,25-;/m0./s1. The summed E-state index contributed by atoms with van der Waals surface area (Å²) in [6.45, 7) is 6.53. The molecule has 6 N–H and O–H groups in total. The Balaban J connectivity index is 0.000000610. The summed E-state index contributed by atoms with van der Waals surface area (Å²) in [5, 5.41) is 35.2. The topological polar surface area (TPSA) is 201 Å². The van der Waals surface area contributed by atoms with Crippen LogP contribution in [0, 0.1) is 5.41 Å². The number of rotatable bonds is 9. The molecule has 1 fully saturated rings. The number of hydrogen-bond acceptors (Lipinski definition) is 7. The molecule has 0 aromatic heterocycles. The van der Waals surface area contributed by atoms with Crippen LogP contribution in [-0.4, -0.2) is 74.9 Å². The maximum absolute atomic E-state index is 12.3. The lowest BCUT2D eigenvalue weighted by atomic mass is 9.91. The second-order valence-corrected chi connectivity index (χ2v) is 11.4. The van der Waals surface area contributed by atoms with Crippen molar-refractivity contribution in [2.24, 2.45) is 5.73 Å². The molecule has 0 aliphatic carbocycles. The molecule has 0 saturated carbocycles. The largest absolute Gasteiger partial charge is 0.489 e. The molecule has 1 aliphatic rings. The quantitative estimate of drug-likeness (QED) is 0.128. The van der Waals surface area contributed by atoms with Crippen molar-refractivity contribution >= 4 is 40.6 Å². The molecule has 45 heavy (non-hydrogen) atoms. The smallest absolute Gasteiger partial charge is 0.410 e. The highest BCUT2D eigenvalue weighted by atomic mass is 16.6. The molecule has 12 nitrogen and oxygen atoms in total. The summed E-state index contributed by atoms with van der Waals surface area (Å²) in [6.07, 6.45) is 1.65. The monoisotopic (exact) mass is 619 g/mol. The number of nitrogens with zero attached hydrogens (tertiary/aromatic N) is 1. The molecule has 12 heteroatoms. The minimum Gasteiger partial charge on any atom is -0.489 e. The van der Waals surface area contributed by atoms with Gasteiger partial charge in [-0.3, -0.25) is 10.2 Å². The first-order chi connectivity index (χ1) is 21.1. The first-order valence-electron chi connectivity index (χ1n) is 14.1. The van der Waals surface area contributed by atoms with E-state index in [0.29, 0.717) is 55.0 Å². The summed E-state index contributed by atoms with van der Waals surface area (Å²) in [7, 11) is 0. The second kappa shape index (κ2) is 14.9. The van der Waals surface area contributed by atoms with Crippen molar-refractivity contribution in [3.8, 4) is 5.75 Å². The van der Waals surface area contributed by atoms with Gasteiger partial charge in [-0.1, -0.05) is 42.5 Å². The third-order valence-electron chi connectivity index (χ3n) is 6.70. The number of carboxylic acids is 3. The average Bonchev–Trinajstić information content (AvgIpc) is 3.43. The number of carbonyl (C=O) groups excluding carboxylic acids is 1. The van der Waals surface area contributed by atoms with Crippen LogP contribution in [0.15, 0.2) is 72.8 Å². The van der Waals surface area contributed by atoms with E-state index in [1.165, 1.54) is 0 Å². The Bertz CT molecular complexity index is 1580. The molecule has 3 aromatic carbocycles.